The van der Waals surface area contributed by atoms with Crippen LogP contribution in [0.5, 0.6) is 0 Å². The minimum atomic E-state index is -5.47. The molecule has 0 aliphatic rings. The second-order valence-corrected chi connectivity index (χ2v) is 4.76. The molecule has 0 heterocycles. The molecule has 0 bridgehead atoms. The first-order valence-electron chi connectivity index (χ1n) is 1.46. The van der Waals surface area contributed by atoms with Crippen LogP contribution < -0.4 is 44.2 Å². The molecule has 0 aromatic carbocycles. The van der Waals surface area contributed by atoms with Crippen molar-refractivity contribution in [3.05, 3.63) is 0 Å². The van der Waals surface area contributed by atoms with Crippen molar-refractivity contribution >= 4 is 26.3 Å². The van der Waals surface area contributed by atoms with Crippen molar-refractivity contribution in [2.45, 2.75) is 0 Å². The lowest BCUT2D eigenvalue weighted by Crippen LogP contribution is -2.22. The van der Waals surface area contributed by atoms with E-state index in [1.165, 1.54) is 0 Å². The molecular weight excluding hydrogens is 246 g/mol. The van der Waals surface area contributed by atoms with Crippen LogP contribution in [0.3, 0.4) is 0 Å². The molecule has 0 saturated heterocycles. The summed E-state index contributed by atoms with van der Waals surface area (Å²) >= 11 is 3.44. The Morgan fingerprint density at radius 3 is 1.15 bits per heavy atom. The Kier molecular flexibility index (Phi) is 20.4. The van der Waals surface area contributed by atoms with Crippen LogP contribution in [0.4, 0.5) is 0 Å². The normalized spacial score (nSPS) is 9.54. The fraction of sp³-hybridized carbons (Fsp3) is 0. The molecular formula is H16N4O6P2S. The Hall–Kier alpha value is 0.520. The van der Waals surface area contributed by atoms with E-state index in [2.05, 4.69) is 16.1 Å². The molecule has 0 fully saturated rings. The number of hydrogen-bond donors (Lipinski definition) is 4. The van der Waals surface area contributed by atoms with Gasteiger partial charge in [0.25, 0.3) is 0 Å². The molecule has 0 aliphatic heterocycles. The van der Waals surface area contributed by atoms with E-state index in [0.29, 0.717) is 0 Å². The largest absolute Gasteiger partial charge is 0.812 e. The highest BCUT2D eigenvalue weighted by molar-refractivity contribution is 8.06. The van der Waals surface area contributed by atoms with Crippen molar-refractivity contribution in [3.63, 3.8) is 0 Å². The molecule has 13 heteroatoms. The fourth-order valence-electron chi connectivity index (χ4n) is 0.122. The predicted octanol–water partition coefficient (Wildman–Crippen LogP) is -1.72. The van der Waals surface area contributed by atoms with Gasteiger partial charge in [-0.1, -0.05) is 6.72 Å². The summed E-state index contributed by atoms with van der Waals surface area (Å²) in [6.07, 6.45) is 0. The Morgan fingerprint density at radius 2 is 1.15 bits per heavy atom. The van der Waals surface area contributed by atoms with Crippen molar-refractivity contribution in [1.29, 1.82) is 0 Å². The summed E-state index contributed by atoms with van der Waals surface area (Å²) in [5.41, 5.74) is 0. The highest BCUT2D eigenvalue weighted by atomic mass is 32.5. The van der Waals surface area contributed by atoms with Gasteiger partial charge in [0, 0.05) is 0 Å². The summed E-state index contributed by atoms with van der Waals surface area (Å²) in [6, 6.07) is 0. The SMILES string of the molecule is O=P([O-])([O-])OP([O-])([O-])=S.[NH4+].[NH4+].[NH4+].[NH4+]. The van der Waals surface area contributed by atoms with Crippen LogP contribution in [0, 0.1) is 0 Å². The van der Waals surface area contributed by atoms with Gasteiger partial charge in [-0.15, -0.1) is 11.8 Å². The van der Waals surface area contributed by atoms with Gasteiger partial charge >= 0.3 is 0 Å². The van der Waals surface area contributed by atoms with Crippen molar-refractivity contribution in [3.8, 4) is 0 Å². The summed E-state index contributed by atoms with van der Waals surface area (Å²) in [5, 5.41) is 0. The summed E-state index contributed by atoms with van der Waals surface area (Å²) in [4.78, 5) is 38.3. The van der Waals surface area contributed by atoms with Gasteiger partial charge in [-0.3, -0.25) is 0 Å². The minimum Gasteiger partial charge on any atom is -0.812 e. The molecule has 0 aromatic heterocycles. The van der Waals surface area contributed by atoms with Crippen molar-refractivity contribution < 1.29 is 28.4 Å². The van der Waals surface area contributed by atoms with Crippen LogP contribution in [0.2, 0.25) is 0 Å². The molecule has 0 unspecified atom stereocenters. The predicted molar refractivity (Wildman–Crippen MR) is 46.9 cm³/mol. The molecule has 0 amide bonds. The molecule has 88 valence electrons. The first-order chi connectivity index (χ1) is 3.71. The third kappa shape index (κ3) is 32.6. The van der Waals surface area contributed by atoms with Gasteiger partial charge in [-0.05, 0) is 0 Å². The van der Waals surface area contributed by atoms with Crippen LogP contribution in [-0.2, 0) is 20.7 Å². The lowest BCUT2D eigenvalue weighted by atomic mass is 14.0. The van der Waals surface area contributed by atoms with Crippen LogP contribution in [0.25, 0.3) is 0 Å². The first kappa shape index (κ1) is 29.2. The van der Waals surface area contributed by atoms with Crippen LogP contribution >= 0.6 is 14.5 Å². The van der Waals surface area contributed by atoms with E-state index in [4.69, 9.17) is 0 Å². The van der Waals surface area contributed by atoms with E-state index in [0.717, 1.165) is 0 Å². The topological polar surface area (TPSA) is 265 Å². The maximum Gasteiger partial charge on any atom is 0.0620 e. The zero-order chi connectivity index (χ0) is 7.71. The van der Waals surface area contributed by atoms with Crippen LogP contribution in [0.15, 0.2) is 0 Å². The van der Waals surface area contributed by atoms with Crippen LogP contribution in [0.1, 0.15) is 0 Å². The zero-order valence-electron chi connectivity index (χ0n) is 7.75. The summed E-state index contributed by atoms with van der Waals surface area (Å²) < 4.78 is 12.3. The first-order valence-corrected chi connectivity index (χ1v) is 5.48. The quantitative estimate of drug-likeness (QED) is 0.417. The lowest BCUT2D eigenvalue weighted by molar-refractivity contribution is -0.354. The average Bonchev–Trinajstić information content (AvgIpc) is 1.14. The maximum atomic E-state index is 9.70. The van der Waals surface area contributed by atoms with E-state index >= 15 is 0 Å². The van der Waals surface area contributed by atoms with Gasteiger partial charge in [0.15, 0.2) is 0 Å². The second kappa shape index (κ2) is 9.09. The summed E-state index contributed by atoms with van der Waals surface area (Å²) in [7, 11) is -5.47. The Labute approximate surface area is 80.1 Å². The lowest BCUT2D eigenvalue weighted by Gasteiger charge is -2.43. The standard InChI is InChI=1S/4H3N.H4O6P2S/c;;;;1-7(2,3)6-8(4,5)9/h4*1H3;(H2,1,2,3)(H2,4,5,9). The number of rotatable bonds is 2. The Bertz CT molecular complexity index is 163. The minimum absolute atomic E-state index is 0. The fourth-order valence-corrected chi connectivity index (χ4v) is 1.84. The molecule has 0 spiro atoms. The molecule has 0 aliphatic carbocycles. The van der Waals surface area contributed by atoms with E-state index in [1.54, 1.807) is 0 Å². The molecule has 13 heavy (non-hydrogen) atoms. The zero-order valence-corrected chi connectivity index (χ0v) is 10.4. The van der Waals surface area contributed by atoms with Crippen LogP contribution in [-0.4, -0.2) is 0 Å². The average molecular weight is 262 g/mol. The van der Waals surface area contributed by atoms with Gasteiger partial charge in [0.05, 0.1) is 7.82 Å². The molecule has 0 radical (unpaired) electrons. The highest BCUT2D eigenvalue weighted by Gasteiger charge is 1.88. The number of phosphoric acid groups is 1. The molecule has 16 N–H and O–H groups in total. The van der Waals surface area contributed by atoms with Gasteiger partial charge < -0.3 is 53.1 Å². The highest BCUT2D eigenvalue weighted by Crippen LogP contribution is 2.42. The molecule has 0 aromatic rings. The molecule has 0 atom stereocenters. The van der Waals surface area contributed by atoms with Gasteiger partial charge in [0.2, 0.25) is 0 Å². The van der Waals surface area contributed by atoms with E-state index < -0.39 is 14.5 Å². The molecule has 0 rings (SSSR count). The number of hydrogen-bond acceptors (Lipinski definition) is 7. The third-order valence-electron chi connectivity index (χ3n) is 0.200. The maximum absolute atomic E-state index is 9.70. The Morgan fingerprint density at radius 1 is 0.923 bits per heavy atom. The second-order valence-electron chi connectivity index (χ2n) is 0.976. The molecule has 10 nitrogen and oxygen atoms in total. The van der Waals surface area contributed by atoms with E-state index in [1.807, 2.05) is 0 Å². The van der Waals surface area contributed by atoms with Gasteiger partial charge in [0.1, 0.15) is 0 Å². The summed E-state index contributed by atoms with van der Waals surface area (Å²) in [6.45, 7) is -4.84. The van der Waals surface area contributed by atoms with Gasteiger partial charge in [-0.25, -0.2) is 0 Å². The third-order valence-corrected chi connectivity index (χ3v) is 2.40. The summed E-state index contributed by atoms with van der Waals surface area (Å²) in [5.74, 6) is 0. The monoisotopic (exact) mass is 262 g/mol. The molecule has 0 saturated carbocycles. The van der Waals surface area contributed by atoms with Gasteiger partial charge in [-0.2, -0.15) is 0 Å². The number of quaternary nitrogens is 4. The van der Waals surface area contributed by atoms with E-state index in [-0.39, 0.29) is 24.6 Å². The van der Waals surface area contributed by atoms with Crippen molar-refractivity contribution in [2.24, 2.45) is 0 Å². The smallest absolute Gasteiger partial charge is 0.0620 e. The Balaban J connectivity index is -0.0000000533. The van der Waals surface area contributed by atoms with E-state index in [9.17, 15) is 24.1 Å². The van der Waals surface area contributed by atoms with Crippen molar-refractivity contribution in [1.82, 2.24) is 24.6 Å². The van der Waals surface area contributed by atoms with Crippen molar-refractivity contribution in [2.75, 3.05) is 0 Å².